The van der Waals surface area contributed by atoms with E-state index in [1.807, 2.05) is 0 Å². The summed E-state index contributed by atoms with van der Waals surface area (Å²) in [7, 11) is 0. The Morgan fingerprint density at radius 3 is 3.00 bits per heavy atom. The van der Waals surface area contributed by atoms with Gasteiger partial charge >= 0.3 is 0 Å². The third-order valence-corrected chi connectivity index (χ3v) is 3.05. The molecule has 1 aromatic heterocycles. The van der Waals surface area contributed by atoms with Crippen molar-refractivity contribution in [3.8, 4) is 0 Å². The van der Waals surface area contributed by atoms with Gasteiger partial charge in [-0.1, -0.05) is 13.3 Å². The van der Waals surface area contributed by atoms with E-state index in [0.717, 1.165) is 12.8 Å². The summed E-state index contributed by atoms with van der Waals surface area (Å²) in [4.78, 5) is 14.5. The van der Waals surface area contributed by atoms with Gasteiger partial charge in [0.05, 0.1) is 11.0 Å². The van der Waals surface area contributed by atoms with Crippen LogP contribution >= 0.6 is 0 Å². The van der Waals surface area contributed by atoms with Crippen LogP contribution in [0.25, 0.3) is 0 Å². The number of hydrogen-bond acceptors (Lipinski definition) is 4. The van der Waals surface area contributed by atoms with Gasteiger partial charge in [0.15, 0.2) is 0 Å². The SMILES string of the molecule is CCC1CC1Nc1cc([N+](=O)[O-])c(C)cn1. The molecule has 1 aromatic rings. The summed E-state index contributed by atoms with van der Waals surface area (Å²) in [5, 5.41) is 14.0. The Balaban J connectivity index is 2.11. The van der Waals surface area contributed by atoms with Crippen molar-refractivity contribution in [3.63, 3.8) is 0 Å². The summed E-state index contributed by atoms with van der Waals surface area (Å²) in [6, 6.07) is 1.96. The Labute approximate surface area is 94.0 Å². The first-order valence-electron chi connectivity index (χ1n) is 5.49. The average molecular weight is 221 g/mol. The topological polar surface area (TPSA) is 68.1 Å². The number of nitrogens with one attached hydrogen (secondary N) is 1. The van der Waals surface area contributed by atoms with Crippen molar-refractivity contribution >= 4 is 11.5 Å². The predicted octanol–water partition coefficient (Wildman–Crippen LogP) is 2.51. The lowest BCUT2D eigenvalue weighted by molar-refractivity contribution is -0.385. The molecule has 1 fully saturated rings. The van der Waals surface area contributed by atoms with Gasteiger partial charge in [0.2, 0.25) is 0 Å². The van der Waals surface area contributed by atoms with Gasteiger partial charge in [0.25, 0.3) is 5.69 Å². The van der Waals surface area contributed by atoms with Crippen LogP contribution < -0.4 is 5.32 Å². The quantitative estimate of drug-likeness (QED) is 0.626. The molecule has 0 amide bonds. The first kappa shape index (κ1) is 10.9. The highest BCUT2D eigenvalue weighted by atomic mass is 16.6. The fourth-order valence-corrected chi connectivity index (χ4v) is 1.85. The fraction of sp³-hybridized carbons (Fsp3) is 0.545. The highest BCUT2D eigenvalue weighted by Gasteiger charge is 2.35. The maximum atomic E-state index is 10.7. The summed E-state index contributed by atoms with van der Waals surface area (Å²) in [5.74, 6) is 1.31. The molecule has 1 N–H and O–H groups in total. The monoisotopic (exact) mass is 221 g/mol. The zero-order valence-corrected chi connectivity index (χ0v) is 9.43. The molecule has 16 heavy (non-hydrogen) atoms. The van der Waals surface area contributed by atoms with Gasteiger partial charge in [-0.15, -0.1) is 0 Å². The van der Waals surface area contributed by atoms with Gasteiger partial charge in [-0.2, -0.15) is 0 Å². The van der Waals surface area contributed by atoms with Crippen LogP contribution in [0.3, 0.4) is 0 Å². The molecule has 5 nitrogen and oxygen atoms in total. The van der Waals surface area contributed by atoms with Gasteiger partial charge in [0.1, 0.15) is 5.82 Å². The molecule has 1 aliphatic carbocycles. The number of rotatable bonds is 4. The van der Waals surface area contributed by atoms with E-state index < -0.39 is 0 Å². The minimum absolute atomic E-state index is 0.131. The van der Waals surface area contributed by atoms with Gasteiger partial charge in [-0.05, 0) is 19.3 Å². The lowest BCUT2D eigenvalue weighted by atomic mass is 10.2. The molecule has 5 heteroatoms. The highest BCUT2D eigenvalue weighted by molar-refractivity contribution is 5.50. The largest absolute Gasteiger partial charge is 0.367 e. The number of nitro groups is 1. The fourth-order valence-electron chi connectivity index (χ4n) is 1.85. The molecular weight excluding hydrogens is 206 g/mol. The Morgan fingerprint density at radius 2 is 2.44 bits per heavy atom. The Bertz CT molecular complexity index is 420. The van der Waals surface area contributed by atoms with Gasteiger partial charge in [-0.25, -0.2) is 4.98 Å². The Morgan fingerprint density at radius 1 is 1.69 bits per heavy atom. The highest BCUT2D eigenvalue weighted by Crippen LogP contribution is 2.36. The van der Waals surface area contributed by atoms with Gasteiger partial charge in [-0.3, -0.25) is 10.1 Å². The summed E-state index contributed by atoms with van der Waals surface area (Å²) in [6.45, 7) is 3.85. The van der Waals surface area contributed by atoms with E-state index in [1.165, 1.54) is 6.07 Å². The smallest absolute Gasteiger partial charge is 0.277 e. The molecule has 86 valence electrons. The number of anilines is 1. The summed E-state index contributed by atoms with van der Waals surface area (Å²) < 4.78 is 0. The molecule has 0 aromatic carbocycles. The summed E-state index contributed by atoms with van der Waals surface area (Å²) in [5.41, 5.74) is 0.726. The van der Waals surface area contributed by atoms with Gasteiger partial charge in [0, 0.05) is 17.8 Å². The van der Waals surface area contributed by atoms with E-state index >= 15 is 0 Å². The second kappa shape index (κ2) is 4.08. The number of nitrogens with zero attached hydrogens (tertiary/aromatic N) is 2. The van der Waals surface area contributed by atoms with Crippen molar-refractivity contribution in [3.05, 3.63) is 27.9 Å². The molecule has 1 saturated carbocycles. The zero-order valence-electron chi connectivity index (χ0n) is 9.43. The Kier molecular flexibility index (Phi) is 2.77. The van der Waals surface area contributed by atoms with Crippen molar-refractivity contribution in [2.24, 2.45) is 5.92 Å². The molecule has 0 spiro atoms. The normalized spacial score (nSPS) is 22.9. The number of aryl methyl sites for hydroxylation is 1. The maximum Gasteiger partial charge on any atom is 0.277 e. The van der Waals surface area contributed by atoms with Crippen molar-refractivity contribution in [1.29, 1.82) is 0 Å². The van der Waals surface area contributed by atoms with Crippen LogP contribution in [-0.2, 0) is 0 Å². The Hall–Kier alpha value is -1.65. The second-order valence-corrected chi connectivity index (χ2v) is 4.27. The first-order valence-corrected chi connectivity index (χ1v) is 5.49. The molecule has 0 aliphatic heterocycles. The van der Waals surface area contributed by atoms with Crippen LogP contribution in [-0.4, -0.2) is 15.9 Å². The standard InChI is InChI=1S/C11H15N3O2/c1-3-8-4-9(8)13-11-5-10(14(15)16)7(2)6-12-11/h5-6,8-9H,3-4H2,1-2H3,(H,12,13). The minimum Gasteiger partial charge on any atom is -0.367 e. The third-order valence-electron chi connectivity index (χ3n) is 3.05. The first-order chi connectivity index (χ1) is 7.61. The lowest BCUT2D eigenvalue weighted by Gasteiger charge is -2.05. The maximum absolute atomic E-state index is 10.7. The van der Waals surface area contributed by atoms with Crippen molar-refractivity contribution < 1.29 is 4.92 Å². The number of aromatic nitrogens is 1. The molecule has 1 heterocycles. The zero-order chi connectivity index (χ0) is 11.7. The van der Waals surface area contributed by atoms with Crippen molar-refractivity contribution in [2.45, 2.75) is 32.7 Å². The molecular formula is C11H15N3O2. The molecule has 2 atom stereocenters. The van der Waals surface area contributed by atoms with E-state index in [1.54, 1.807) is 13.1 Å². The molecule has 2 rings (SSSR count). The number of hydrogen-bond donors (Lipinski definition) is 1. The molecule has 2 unspecified atom stereocenters. The predicted molar refractivity (Wildman–Crippen MR) is 61.4 cm³/mol. The second-order valence-electron chi connectivity index (χ2n) is 4.27. The summed E-state index contributed by atoms with van der Waals surface area (Å²) >= 11 is 0. The third kappa shape index (κ3) is 2.13. The van der Waals surface area contributed by atoms with Crippen LogP contribution in [0.2, 0.25) is 0 Å². The number of pyridine rings is 1. The van der Waals surface area contributed by atoms with E-state index in [9.17, 15) is 10.1 Å². The summed E-state index contributed by atoms with van der Waals surface area (Å²) in [6.07, 6.45) is 3.83. The van der Waals surface area contributed by atoms with Crippen LogP contribution in [0, 0.1) is 23.0 Å². The van der Waals surface area contributed by atoms with Crippen molar-refractivity contribution in [2.75, 3.05) is 5.32 Å². The van der Waals surface area contributed by atoms with E-state index in [0.29, 0.717) is 23.3 Å². The molecule has 0 bridgehead atoms. The van der Waals surface area contributed by atoms with Crippen molar-refractivity contribution in [1.82, 2.24) is 4.98 Å². The van der Waals surface area contributed by atoms with E-state index in [-0.39, 0.29) is 10.6 Å². The molecule has 0 radical (unpaired) electrons. The van der Waals surface area contributed by atoms with Crippen LogP contribution in [0.15, 0.2) is 12.3 Å². The van der Waals surface area contributed by atoms with Crippen LogP contribution in [0.5, 0.6) is 0 Å². The average Bonchev–Trinajstić information content (AvgIpc) is 2.99. The minimum atomic E-state index is -0.369. The van der Waals surface area contributed by atoms with E-state index in [2.05, 4.69) is 17.2 Å². The van der Waals surface area contributed by atoms with Crippen LogP contribution in [0.1, 0.15) is 25.3 Å². The molecule has 0 saturated heterocycles. The van der Waals surface area contributed by atoms with Gasteiger partial charge < -0.3 is 5.32 Å². The molecule has 1 aliphatic rings. The lowest BCUT2D eigenvalue weighted by Crippen LogP contribution is -2.06. The van der Waals surface area contributed by atoms with Crippen LogP contribution in [0.4, 0.5) is 11.5 Å². The van der Waals surface area contributed by atoms with E-state index in [4.69, 9.17) is 0 Å².